The van der Waals surface area contributed by atoms with Crippen LogP contribution in [0.25, 0.3) is 0 Å². The second-order valence-electron chi connectivity index (χ2n) is 5.80. The van der Waals surface area contributed by atoms with Gasteiger partial charge in [-0.1, -0.05) is 12.8 Å². The molecule has 0 aromatic rings. The van der Waals surface area contributed by atoms with Crippen molar-refractivity contribution >= 4 is 19.8 Å². The fourth-order valence-electron chi connectivity index (χ4n) is 1.89. The number of hydrogen-bond acceptors (Lipinski definition) is 8. The summed E-state index contributed by atoms with van der Waals surface area (Å²) in [5.41, 5.74) is 5.20. The van der Waals surface area contributed by atoms with Gasteiger partial charge in [-0.25, -0.2) is 4.57 Å². The first-order valence-electron chi connectivity index (χ1n) is 9.10. The molecule has 0 aliphatic carbocycles. The maximum absolute atomic E-state index is 11.9. The highest BCUT2D eigenvalue weighted by Crippen LogP contribution is 2.43. The van der Waals surface area contributed by atoms with E-state index in [0.29, 0.717) is 19.3 Å². The topological polar surface area (TPSA) is 134 Å². The fourth-order valence-corrected chi connectivity index (χ4v) is 2.66. The summed E-state index contributed by atoms with van der Waals surface area (Å²) >= 11 is 0. The zero-order chi connectivity index (χ0) is 20.5. The van der Waals surface area contributed by atoms with Gasteiger partial charge in [0, 0.05) is 19.4 Å². The van der Waals surface area contributed by atoms with Gasteiger partial charge in [0.25, 0.3) is 0 Å². The van der Waals surface area contributed by atoms with Crippen LogP contribution in [0, 0.1) is 13.8 Å². The van der Waals surface area contributed by atoms with Crippen LogP contribution in [0.5, 0.6) is 0 Å². The summed E-state index contributed by atoms with van der Waals surface area (Å²) in [5, 5.41) is 0. The largest absolute Gasteiger partial charge is 0.472 e. The van der Waals surface area contributed by atoms with Gasteiger partial charge in [0.1, 0.15) is 6.61 Å². The predicted molar refractivity (Wildman–Crippen MR) is 99.3 cm³/mol. The Bertz CT molecular complexity index is 460. The van der Waals surface area contributed by atoms with Crippen LogP contribution >= 0.6 is 7.82 Å². The van der Waals surface area contributed by atoms with Crippen LogP contribution in [0.4, 0.5) is 0 Å². The number of unbranched alkanes of at least 4 members (excludes halogenated alkanes) is 4. The normalized spacial score (nSPS) is 14.4. The first kappa shape index (κ1) is 26.0. The minimum atomic E-state index is -4.33. The standard InChI is InChI=1S/C17H32NO8P/c1-3-5-7-9-16(19)23-13-15(26-17(20)10-8-6-4-2)14-25-27(21,22)24-12-11-18/h15H,1-14,18H2,(H,21,22)/q-2/t15-/m0/s1. The highest BCUT2D eigenvalue weighted by molar-refractivity contribution is 7.47. The van der Waals surface area contributed by atoms with Gasteiger partial charge < -0.3 is 33.9 Å². The van der Waals surface area contributed by atoms with E-state index in [2.05, 4.69) is 18.4 Å². The third-order valence-electron chi connectivity index (χ3n) is 3.29. The monoisotopic (exact) mass is 409 g/mol. The van der Waals surface area contributed by atoms with E-state index < -0.39 is 32.5 Å². The van der Waals surface area contributed by atoms with E-state index in [1.165, 1.54) is 0 Å². The molecule has 0 aliphatic heterocycles. The number of carbonyl (C=O) groups is 2. The van der Waals surface area contributed by atoms with Gasteiger partial charge in [-0.15, -0.1) is 0 Å². The molecule has 0 bridgehead atoms. The summed E-state index contributed by atoms with van der Waals surface area (Å²) in [7, 11) is -4.33. The molecule has 3 N–H and O–H groups in total. The van der Waals surface area contributed by atoms with E-state index in [9.17, 15) is 19.0 Å². The van der Waals surface area contributed by atoms with Crippen molar-refractivity contribution in [3.05, 3.63) is 13.8 Å². The number of rotatable bonds is 17. The molecule has 0 saturated carbocycles. The lowest BCUT2D eigenvalue weighted by Gasteiger charge is -2.20. The quantitative estimate of drug-likeness (QED) is 0.161. The van der Waals surface area contributed by atoms with Crippen LogP contribution in [0.1, 0.15) is 51.4 Å². The zero-order valence-electron chi connectivity index (χ0n) is 15.8. The molecule has 0 saturated heterocycles. The van der Waals surface area contributed by atoms with Gasteiger partial charge in [0.15, 0.2) is 6.10 Å². The van der Waals surface area contributed by atoms with Crippen LogP contribution in [-0.2, 0) is 32.7 Å². The Morgan fingerprint density at radius 2 is 1.56 bits per heavy atom. The molecule has 10 heteroatoms. The molecule has 1 unspecified atom stereocenters. The lowest BCUT2D eigenvalue weighted by atomic mass is 10.2. The van der Waals surface area contributed by atoms with Gasteiger partial charge in [-0.2, -0.15) is 12.8 Å². The van der Waals surface area contributed by atoms with Crippen LogP contribution < -0.4 is 5.73 Å². The lowest BCUT2D eigenvalue weighted by Crippen LogP contribution is -2.29. The molecule has 0 aromatic heterocycles. The Balaban J connectivity index is 4.53. The summed E-state index contributed by atoms with van der Waals surface area (Å²) in [5.74, 6) is -0.964. The van der Waals surface area contributed by atoms with Crippen molar-refractivity contribution in [2.24, 2.45) is 5.73 Å². The van der Waals surface area contributed by atoms with Crippen molar-refractivity contribution in [2.75, 3.05) is 26.4 Å². The van der Waals surface area contributed by atoms with E-state index in [1.54, 1.807) is 0 Å². The SMILES string of the molecule is [CH2-]CCCCC(=O)OC[C@@H](COP(=O)(O)OCCN)OC(=O)CCCC[CH2-]. The van der Waals surface area contributed by atoms with Crippen LogP contribution in [-0.4, -0.2) is 49.3 Å². The maximum Gasteiger partial charge on any atom is 0.472 e. The van der Waals surface area contributed by atoms with Crippen molar-refractivity contribution in [3.63, 3.8) is 0 Å². The number of nitrogens with two attached hydrogens (primary N) is 1. The zero-order valence-corrected chi connectivity index (χ0v) is 16.7. The van der Waals surface area contributed by atoms with E-state index in [-0.39, 0.29) is 32.6 Å². The van der Waals surface area contributed by atoms with Gasteiger partial charge in [-0.05, 0) is 12.8 Å². The minimum absolute atomic E-state index is 0.0451. The number of phosphoric acid groups is 1. The number of ether oxygens (including phenoxy) is 2. The Labute approximate surface area is 161 Å². The molecule has 0 aliphatic rings. The minimum Gasteiger partial charge on any atom is -0.462 e. The van der Waals surface area contributed by atoms with Gasteiger partial charge >= 0.3 is 19.8 Å². The highest BCUT2D eigenvalue weighted by Gasteiger charge is 2.25. The first-order valence-corrected chi connectivity index (χ1v) is 10.6. The third-order valence-corrected chi connectivity index (χ3v) is 4.27. The molecule has 0 radical (unpaired) electrons. The second kappa shape index (κ2) is 16.0. The van der Waals surface area contributed by atoms with Crippen LogP contribution in [0.2, 0.25) is 0 Å². The van der Waals surface area contributed by atoms with E-state index in [1.807, 2.05) is 0 Å². The molecule has 0 rings (SSSR count). The average Bonchev–Trinajstić information content (AvgIpc) is 2.63. The average molecular weight is 409 g/mol. The van der Waals surface area contributed by atoms with E-state index in [0.717, 1.165) is 19.3 Å². The summed E-state index contributed by atoms with van der Waals surface area (Å²) in [6.07, 6.45) is 3.64. The molecule has 0 heterocycles. The molecular formula is C17H32NO8P-2. The fraction of sp³-hybridized carbons (Fsp3) is 0.765. The number of esters is 2. The van der Waals surface area contributed by atoms with Crippen molar-refractivity contribution in [2.45, 2.75) is 57.5 Å². The first-order chi connectivity index (χ1) is 12.8. The predicted octanol–water partition coefficient (Wildman–Crippen LogP) is 2.32. The van der Waals surface area contributed by atoms with Crippen molar-refractivity contribution < 1.29 is 37.6 Å². The van der Waals surface area contributed by atoms with Crippen molar-refractivity contribution in [1.82, 2.24) is 0 Å². The van der Waals surface area contributed by atoms with Crippen LogP contribution in [0.15, 0.2) is 0 Å². The number of carbonyl (C=O) groups excluding carboxylic acids is 2. The maximum atomic E-state index is 11.9. The third kappa shape index (κ3) is 15.7. The molecule has 160 valence electrons. The highest BCUT2D eigenvalue weighted by atomic mass is 31.2. The molecule has 27 heavy (non-hydrogen) atoms. The number of phosphoric ester groups is 1. The summed E-state index contributed by atoms with van der Waals surface area (Å²) in [6, 6.07) is 0. The van der Waals surface area contributed by atoms with Crippen LogP contribution in [0.3, 0.4) is 0 Å². The molecule has 2 atom stereocenters. The second-order valence-corrected chi connectivity index (χ2v) is 7.26. The van der Waals surface area contributed by atoms with Gasteiger partial charge in [-0.3, -0.25) is 18.6 Å². The van der Waals surface area contributed by atoms with E-state index >= 15 is 0 Å². The molecule has 9 nitrogen and oxygen atoms in total. The lowest BCUT2D eigenvalue weighted by molar-refractivity contribution is -0.161. The van der Waals surface area contributed by atoms with Gasteiger partial charge in [0.05, 0.1) is 13.2 Å². The van der Waals surface area contributed by atoms with Gasteiger partial charge in [0.2, 0.25) is 0 Å². The van der Waals surface area contributed by atoms with E-state index in [4.69, 9.17) is 19.7 Å². The number of hydrogen-bond donors (Lipinski definition) is 2. The molecule has 0 aromatic carbocycles. The summed E-state index contributed by atoms with van der Waals surface area (Å²) in [4.78, 5) is 33.1. The molecule has 0 amide bonds. The Morgan fingerprint density at radius 3 is 2.11 bits per heavy atom. The Hall–Kier alpha value is -0.990. The summed E-state index contributed by atoms with van der Waals surface area (Å²) < 4.78 is 31.3. The Kier molecular flexibility index (Phi) is 15.4. The van der Waals surface area contributed by atoms with Crippen molar-refractivity contribution in [1.29, 1.82) is 0 Å². The Morgan fingerprint density at radius 1 is 0.963 bits per heavy atom. The van der Waals surface area contributed by atoms with Crippen molar-refractivity contribution in [3.8, 4) is 0 Å². The molecule has 0 spiro atoms. The molecular weight excluding hydrogens is 377 g/mol. The molecule has 0 fully saturated rings. The summed E-state index contributed by atoms with van der Waals surface area (Å²) in [6.45, 7) is 6.53. The smallest absolute Gasteiger partial charge is 0.462 e.